The Balaban J connectivity index is 2.15. The SMILES string of the molecule is CCc1c(N)ncnc1NC1CCCCC1SC. The van der Waals surface area contributed by atoms with Crippen LogP contribution in [-0.2, 0) is 6.42 Å². The summed E-state index contributed by atoms with van der Waals surface area (Å²) < 4.78 is 0. The van der Waals surface area contributed by atoms with Crippen molar-refractivity contribution in [3.8, 4) is 0 Å². The highest BCUT2D eigenvalue weighted by Gasteiger charge is 2.25. The van der Waals surface area contributed by atoms with Gasteiger partial charge in [0.15, 0.2) is 0 Å². The number of nitrogens with two attached hydrogens (primary N) is 1. The van der Waals surface area contributed by atoms with Crippen LogP contribution in [0.25, 0.3) is 0 Å². The summed E-state index contributed by atoms with van der Waals surface area (Å²) in [5.74, 6) is 1.53. The summed E-state index contributed by atoms with van der Waals surface area (Å²) in [7, 11) is 0. The van der Waals surface area contributed by atoms with Crippen molar-refractivity contribution in [2.24, 2.45) is 0 Å². The van der Waals surface area contributed by atoms with Crippen molar-refractivity contribution in [1.29, 1.82) is 0 Å². The van der Waals surface area contributed by atoms with Crippen LogP contribution in [0.1, 0.15) is 38.2 Å². The molecule has 2 rings (SSSR count). The van der Waals surface area contributed by atoms with Crippen molar-refractivity contribution in [2.45, 2.75) is 50.3 Å². The van der Waals surface area contributed by atoms with E-state index in [1.165, 1.54) is 25.7 Å². The van der Waals surface area contributed by atoms with E-state index in [4.69, 9.17) is 5.73 Å². The second-order valence-corrected chi connectivity index (χ2v) is 5.83. The summed E-state index contributed by atoms with van der Waals surface area (Å²) in [6, 6.07) is 0.508. The molecule has 1 fully saturated rings. The topological polar surface area (TPSA) is 63.8 Å². The van der Waals surface area contributed by atoms with Gasteiger partial charge in [-0.05, 0) is 25.5 Å². The minimum Gasteiger partial charge on any atom is -0.383 e. The number of thioether (sulfide) groups is 1. The molecule has 3 N–H and O–H groups in total. The molecule has 100 valence electrons. The van der Waals surface area contributed by atoms with Crippen LogP contribution in [0.4, 0.5) is 11.6 Å². The lowest BCUT2D eigenvalue weighted by Gasteiger charge is -2.31. The minimum atomic E-state index is 0.508. The van der Waals surface area contributed by atoms with Gasteiger partial charge < -0.3 is 11.1 Å². The lowest BCUT2D eigenvalue weighted by Crippen LogP contribution is -2.35. The first-order valence-corrected chi connectivity index (χ1v) is 7.93. The summed E-state index contributed by atoms with van der Waals surface area (Å²) in [6.07, 6.45) is 9.77. The van der Waals surface area contributed by atoms with Gasteiger partial charge in [0, 0.05) is 16.9 Å². The summed E-state index contributed by atoms with van der Waals surface area (Å²) in [5, 5.41) is 4.27. The first-order valence-electron chi connectivity index (χ1n) is 6.65. The largest absolute Gasteiger partial charge is 0.383 e. The van der Waals surface area contributed by atoms with Crippen molar-refractivity contribution >= 4 is 23.4 Å². The number of nitrogens with zero attached hydrogens (tertiary/aromatic N) is 2. The third kappa shape index (κ3) is 2.88. The normalized spacial score (nSPS) is 23.9. The molecule has 5 heteroatoms. The van der Waals surface area contributed by atoms with E-state index in [1.54, 1.807) is 6.33 Å². The molecule has 0 aliphatic heterocycles. The van der Waals surface area contributed by atoms with Crippen molar-refractivity contribution < 1.29 is 0 Å². The average Bonchev–Trinajstić information content (AvgIpc) is 2.40. The molecular weight excluding hydrogens is 244 g/mol. The van der Waals surface area contributed by atoms with E-state index in [0.717, 1.165) is 17.8 Å². The van der Waals surface area contributed by atoms with Gasteiger partial charge in [0.2, 0.25) is 0 Å². The fraction of sp³-hybridized carbons (Fsp3) is 0.692. The highest BCUT2D eigenvalue weighted by atomic mass is 32.2. The van der Waals surface area contributed by atoms with Gasteiger partial charge >= 0.3 is 0 Å². The zero-order valence-corrected chi connectivity index (χ0v) is 12.0. The fourth-order valence-corrected chi connectivity index (χ4v) is 3.55. The molecule has 0 bridgehead atoms. The Bertz CT molecular complexity index is 397. The first-order chi connectivity index (χ1) is 8.76. The number of rotatable bonds is 4. The lowest BCUT2D eigenvalue weighted by molar-refractivity contribution is 0.474. The van der Waals surface area contributed by atoms with E-state index in [9.17, 15) is 0 Å². The van der Waals surface area contributed by atoms with E-state index in [-0.39, 0.29) is 0 Å². The Hall–Kier alpha value is -0.970. The van der Waals surface area contributed by atoms with E-state index in [2.05, 4.69) is 28.5 Å². The van der Waals surface area contributed by atoms with Gasteiger partial charge in [-0.2, -0.15) is 11.8 Å². The Kier molecular flexibility index (Phi) is 4.69. The second kappa shape index (κ2) is 6.27. The summed E-state index contributed by atoms with van der Waals surface area (Å²) >= 11 is 1.95. The molecule has 2 unspecified atom stereocenters. The fourth-order valence-electron chi connectivity index (χ4n) is 2.62. The van der Waals surface area contributed by atoms with E-state index in [1.807, 2.05) is 11.8 Å². The molecule has 1 heterocycles. The van der Waals surface area contributed by atoms with Crippen LogP contribution in [0.3, 0.4) is 0 Å². The van der Waals surface area contributed by atoms with Crippen LogP contribution in [0, 0.1) is 0 Å². The Morgan fingerprint density at radius 3 is 2.89 bits per heavy atom. The zero-order valence-electron chi connectivity index (χ0n) is 11.1. The van der Waals surface area contributed by atoms with Crippen molar-refractivity contribution in [1.82, 2.24) is 9.97 Å². The number of nitrogens with one attached hydrogen (secondary N) is 1. The maximum Gasteiger partial charge on any atom is 0.134 e. The molecule has 1 aromatic rings. The predicted molar refractivity (Wildman–Crippen MR) is 79.0 cm³/mol. The number of nitrogen functional groups attached to an aromatic ring is 1. The average molecular weight is 266 g/mol. The molecule has 0 radical (unpaired) electrons. The van der Waals surface area contributed by atoms with Crippen molar-refractivity contribution in [2.75, 3.05) is 17.3 Å². The molecule has 1 saturated carbocycles. The molecule has 1 aromatic heterocycles. The van der Waals surface area contributed by atoms with Gasteiger partial charge in [0.25, 0.3) is 0 Å². The molecule has 4 nitrogen and oxygen atoms in total. The molecule has 2 atom stereocenters. The van der Waals surface area contributed by atoms with Gasteiger partial charge in [-0.15, -0.1) is 0 Å². The van der Waals surface area contributed by atoms with Crippen LogP contribution >= 0.6 is 11.8 Å². The molecule has 0 spiro atoms. The van der Waals surface area contributed by atoms with Crippen molar-refractivity contribution in [3.05, 3.63) is 11.9 Å². The molecule has 1 aliphatic carbocycles. The van der Waals surface area contributed by atoms with Gasteiger partial charge in [-0.1, -0.05) is 19.8 Å². The molecule has 18 heavy (non-hydrogen) atoms. The number of aromatic nitrogens is 2. The smallest absolute Gasteiger partial charge is 0.134 e. The molecular formula is C13H22N4S. The third-order valence-corrected chi connectivity index (χ3v) is 4.83. The molecule has 1 aliphatic rings. The van der Waals surface area contributed by atoms with Gasteiger partial charge in [0.05, 0.1) is 0 Å². The van der Waals surface area contributed by atoms with Crippen LogP contribution in [0.15, 0.2) is 6.33 Å². The van der Waals surface area contributed by atoms with Gasteiger partial charge in [0.1, 0.15) is 18.0 Å². The number of hydrogen-bond donors (Lipinski definition) is 2. The van der Waals surface area contributed by atoms with Crippen LogP contribution in [0.5, 0.6) is 0 Å². The predicted octanol–water partition coefficient (Wildman–Crippen LogP) is 2.71. The van der Waals surface area contributed by atoms with E-state index >= 15 is 0 Å². The van der Waals surface area contributed by atoms with Crippen molar-refractivity contribution in [3.63, 3.8) is 0 Å². The highest BCUT2D eigenvalue weighted by molar-refractivity contribution is 7.99. The third-order valence-electron chi connectivity index (χ3n) is 3.66. The first kappa shape index (κ1) is 13.5. The summed E-state index contributed by atoms with van der Waals surface area (Å²) in [6.45, 7) is 2.09. The quantitative estimate of drug-likeness (QED) is 0.877. The minimum absolute atomic E-state index is 0.508. The maximum absolute atomic E-state index is 5.91. The lowest BCUT2D eigenvalue weighted by atomic mass is 9.94. The molecule has 0 saturated heterocycles. The zero-order chi connectivity index (χ0) is 13.0. The monoisotopic (exact) mass is 266 g/mol. The summed E-state index contributed by atoms with van der Waals surface area (Å²) in [5.41, 5.74) is 6.95. The van der Waals surface area contributed by atoms with Crippen LogP contribution < -0.4 is 11.1 Å². The standard InChI is InChI=1S/C13H22N4S/c1-3-9-12(14)15-8-16-13(9)17-10-6-4-5-7-11(10)18-2/h8,10-11H,3-7H2,1-2H3,(H3,14,15,16,17). The number of anilines is 2. The van der Waals surface area contributed by atoms with Crippen LogP contribution in [0.2, 0.25) is 0 Å². The number of hydrogen-bond acceptors (Lipinski definition) is 5. The van der Waals surface area contributed by atoms with Crippen LogP contribution in [-0.4, -0.2) is 27.5 Å². The Morgan fingerprint density at radius 1 is 1.39 bits per heavy atom. The Morgan fingerprint density at radius 2 is 2.17 bits per heavy atom. The van der Waals surface area contributed by atoms with Gasteiger partial charge in [-0.3, -0.25) is 0 Å². The van der Waals surface area contributed by atoms with E-state index < -0.39 is 0 Å². The van der Waals surface area contributed by atoms with Gasteiger partial charge in [-0.25, -0.2) is 9.97 Å². The summed E-state index contributed by atoms with van der Waals surface area (Å²) in [4.78, 5) is 8.43. The molecule has 0 aromatic carbocycles. The van der Waals surface area contributed by atoms with E-state index in [0.29, 0.717) is 17.1 Å². The maximum atomic E-state index is 5.91. The molecule has 0 amide bonds. The Labute approximate surface area is 113 Å². The highest BCUT2D eigenvalue weighted by Crippen LogP contribution is 2.30. The second-order valence-electron chi connectivity index (χ2n) is 4.75.